The van der Waals surface area contributed by atoms with Gasteiger partial charge in [-0.2, -0.15) is 0 Å². The second-order valence-electron chi connectivity index (χ2n) is 5.89. The maximum absolute atomic E-state index is 12.2. The van der Waals surface area contributed by atoms with Gasteiger partial charge in [-0.05, 0) is 43.2 Å². The molecular formula is C16H22N2OS. The summed E-state index contributed by atoms with van der Waals surface area (Å²) in [5.74, 6) is 1.08. The Kier molecular flexibility index (Phi) is 4.03. The van der Waals surface area contributed by atoms with Crippen LogP contribution in [0.2, 0.25) is 0 Å². The van der Waals surface area contributed by atoms with Crippen LogP contribution in [0.4, 0.5) is 0 Å². The molecule has 0 bridgehead atoms. The first-order valence-electron chi connectivity index (χ1n) is 7.37. The summed E-state index contributed by atoms with van der Waals surface area (Å²) in [5.41, 5.74) is 1.19. The van der Waals surface area contributed by atoms with E-state index in [4.69, 9.17) is 0 Å². The van der Waals surface area contributed by atoms with Crippen molar-refractivity contribution in [1.82, 2.24) is 10.2 Å². The van der Waals surface area contributed by atoms with Gasteiger partial charge in [-0.25, -0.2) is 0 Å². The van der Waals surface area contributed by atoms with E-state index < -0.39 is 0 Å². The number of nitrogens with one attached hydrogen (secondary N) is 1. The Labute approximate surface area is 125 Å². The van der Waals surface area contributed by atoms with Crippen LogP contribution in [0.1, 0.15) is 37.9 Å². The summed E-state index contributed by atoms with van der Waals surface area (Å²) in [7, 11) is 0. The zero-order chi connectivity index (χ0) is 14.1. The van der Waals surface area contributed by atoms with Crippen molar-refractivity contribution >= 4 is 17.7 Å². The van der Waals surface area contributed by atoms with Gasteiger partial charge in [-0.1, -0.05) is 25.0 Å². The third kappa shape index (κ3) is 2.86. The quantitative estimate of drug-likeness (QED) is 0.846. The number of amides is 1. The second-order valence-corrected chi connectivity index (χ2v) is 6.77. The van der Waals surface area contributed by atoms with Crippen molar-refractivity contribution in [2.75, 3.05) is 12.8 Å². The molecule has 1 saturated heterocycles. The Balaban J connectivity index is 1.76. The summed E-state index contributed by atoms with van der Waals surface area (Å²) in [6.07, 6.45) is 5.95. The Morgan fingerprint density at radius 1 is 1.35 bits per heavy atom. The molecule has 1 heterocycles. The maximum atomic E-state index is 12.2. The lowest BCUT2D eigenvalue weighted by Gasteiger charge is -2.31. The smallest absolute Gasteiger partial charge is 0.238 e. The molecule has 0 radical (unpaired) electrons. The SMILES string of the molecule is CSc1ccc(C2NCC(=O)N2C(C)CC2CC2)cc1. The first kappa shape index (κ1) is 14.0. The minimum absolute atomic E-state index is 0.0483. The molecule has 1 saturated carbocycles. The van der Waals surface area contributed by atoms with Crippen LogP contribution in [0.25, 0.3) is 0 Å². The number of thioether (sulfide) groups is 1. The predicted molar refractivity (Wildman–Crippen MR) is 82.6 cm³/mol. The molecule has 2 unspecified atom stereocenters. The first-order valence-corrected chi connectivity index (χ1v) is 8.60. The first-order chi connectivity index (χ1) is 9.69. The summed E-state index contributed by atoms with van der Waals surface area (Å²) in [6.45, 7) is 2.65. The minimum Gasteiger partial charge on any atom is -0.319 e. The third-order valence-electron chi connectivity index (χ3n) is 4.29. The largest absolute Gasteiger partial charge is 0.319 e. The highest BCUT2D eigenvalue weighted by Gasteiger charge is 2.37. The van der Waals surface area contributed by atoms with Crippen molar-refractivity contribution in [1.29, 1.82) is 0 Å². The lowest BCUT2D eigenvalue weighted by Crippen LogP contribution is -2.38. The number of carbonyl (C=O) groups excluding carboxylic acids is 1. The molecule has 108 valence electrons. The van der Waals surface area contributed by atoms with E-state index in [9.17, 15) is 4.79 Å². The van der Waals surface area contributed by atoms with Gasteiger partial charge in [0.2, 0.25) is 5.91 Å². The molecule has 1 aromatic rings. The molecule has 1 aromatic carbocycles. The van der Waals surface area contributed by atoms with E-state index in [0.29, 0.717) is 12.6 Å². The highest BCUT2D eigenvalue weighted by Crippen LogP contribution is 2.37. The number of carbonyl (C=O) groups is 1. The van der Waals surface area contributed by atoms with E-state index in [0.717, 1.165) is 12.3 Å². The van der Waals surface area contributed by atoms with Gasteiger partial charge in [0.05, 0.1) is 6.54 Å². The zero-order valence-corrected chi connectivity index (χ0v) is 13.0. The fourth-order valence-corrected chi connectivity index (χ4v) is 3.44. The van der Waals surface area contributed by atoms with Crippen LogP contribution in [-0.2, 0) is 4.79 Å². The number of nitrogens with zero attached hydrogens (tertiary/aromatic N) is 1. The summed E-state index contributed by atoms with van der Waals surface area (Å²) in [5, 5.41) is 3.35. The summed E-state index contributed by atoms with van der Waals surface area (Å²) < 4.78 is 0. The van der Waals surface area contributed by atoms with E-state index in [2.05, 4.69) is 42.8 Å². The van der Waals surface area contributed by atoms with Crippen molar-refractivity contribution < 1.29 is 4.79 Å². The number of hydrogen-bond acceptors (Lipinski definition) is 3. The molecular weight excluding hydrogens is 268 g/mol. The Bertz CT molecular complexity index is 484. The fraction of sp³-hybridized carbons (Fsp3) is 0.562. The second kappa shape index (κ2) is 5.78. The number of rotatable bonds is 5. The van der Waals surface area contributed by atoms with Crippen molar-refractivity contribution in [2.24, 2.45) is 5.92 Å². The lowest BCUT2D eigenvalue weighted by atomic mass is 10.1. The summed E-state index contributed by atoms with van der Waals surface area (Å²) in [4.78, 5) is 15.5. The maximum Gasteiger partial charge on any atom is 0.238 e. The highest BCUT2D eigenvalue weighted by atomic mass is 32.2. The van der Waals surface area contributed by atoms with Gasteiger partial charge in [0.15, 0.2) is 0 Å². The van der Waals surface area contributed by atoms with Gasteiger partial charge < -0.3 is 4.90 Å². The van der Waals surface area contributed by atoms with Gasteiger partial charge in [0.25, 0.3) is 0 Å². The molecule has 2 aliphatic rings. The molecule has 20 heavy (non-hydrogen) atoms. The Morgan fingerprint density at radius 2 is 2.05 bits per heavy atom. The minimum atomic E-state index is 0.0483. The average molecular weight is 290 g/mol. The van der Waals surface area contributed by atoms with Gasteiger partial charge >= 0.3 is 0 Å². The van der Waals surface area contributed by atoms with Gasteiger partial charge in [-0.3, -0.25) is 10.1 Å². The molecule has 4 heteroatoms. The molecule has 3 nitrogen and oxygen atoms in total. The normalized spacial score (nSPS) is 24.2. The van der Waals surface area contributed by atoms with Crippen LogP contribution in [0.5, 0.6) is 0 Å². The average Bonchev–Trinajstić information content (AvgIpc) is 3.19. The monoisotopic (exact) mass is 290 g/mol. The topological polar surface area (TPSA) is 32.3 Å². The molecule has 1 N–H and O–H groups in total. The van der Waals surface area contributed by atoms with Gasteiger partial charge in [-0.15, -0.1) is 11.8 Å². The summed E-state index contributed by atoms with van der Waals surface area (Å²) >= 11 is 1.74. The number of benzene rings is 1. The van der Waals surface area contributed by atoms with Crippen molar-refractivity contribution in [3.05, 3.63) is 29.8 Å². The molecule has 2 atom stereocenters. The van der Waals surface area contributed by atoms with Crippen molar-refractivity contribution in [3.63, 3.8) is 0 Å². The Morgan fingerprint density at radius 3 is 2.65 bits per heavy atom. The molecule has 1 aliphatic carbocycles. The standard InChI is InChI=1S/C16H22N2OS/c1-11(9-12-3-4-12)18-15(19)10-17-16(18)13-5-7-14(20-2)8-6-13/h5-8,11-12,16-17H,3-4,9-10H2,1-2H3. The number of hydrogen-bond donors (Lipinski definition) is 1. The predicted octanol–water partition coefficient (Wildman–Crippen LogP) is 3.03. The van der Waals surface area contributed by atoms with Gasteiger partial charge in [0, 0.05) is 10.9 Å². The van der Waals surface area contributed by atoms with Gasteiger partial charge in [0.1, 0.15) is 6.17 Å². The lowest BCUT2D eigenvalue weighted by molar-refractivity contribution is -0.130. The molecule has 2 fully saturated rings. The van der Waals surface area contributed by atoms with E-state index in [-0.39, 0.29) is 12.1 Å². The van der Waals surface area contributed by atoms with Crippen LogP contribution >= 0.6 is 11.8 Å². The van der Waals surface area contributed by atoms with Crippen LogP contribution in [-0.4, -0.2) is 29.6 Å². The van der Waals surface area contributed by atoms with Crippen molar-refractivity contribution in [3.8, 4) is 0 Å². The van der Waals surface area contributed by atoms with E-state index in [1.807, 2.05) is 4.90 Å². The van der Waals surface area contributed by atoms with E-state index in [1.54, 1.807) is 11.8 Å². The third-order valence-corrected chi connectivity index (χ3v) is 5.03. The van der Waals surface area contributed by atoms with Crippen LogP contribution in [0.15, 0.2) is 29.2 Å². The fourth-order valence-electron chi connectivity index (χ4n) is 3.03. The molecule has 1 amide bonds. The molecule has 0 spiro atoms. The zero-order valence-electron chi connectivity index (χ0n) is 12.1. The summed E-state index contributed by atoms with van der Waals surface area (Å²) in [6, 6.07) is 8.87. The van der Waals surface area contributed by atoms with Crippen LogP contribution in [0.3, 0.4) is 0 Å². The van der Waals surface area contributed by atoms with E-state index in [1.165, 1.54) is 23.3 Å². The Hall–Kier alpha value is -1.00. The molecule has 3 rings (SSSR count). The van der Waals surface area contributed by atoms with Crippen molar-refractivity contribution in [2.45, 2.75) is 43.3 Å². The highest BCUT2D eigenvalue weighted by molar-refractivity contribution is 7.98. The van der Waals surface area contributed by atoms with E-state index >= 15 is 0 Å². The van der Waals surface area contributed by atoms with Crippen LogP contribution < -0.4 is 5.32 Å². The molecule has 0 aromatic heterocycles. The molecule has 1 aliphatic heterocycles. The van der Waals surface area contributed by atoms with Crippen LogP contribution in [0, 0.1) is 5.92 Å².